The average molecular weight is 210 g/mol. The Hall–Kier alpha value is -1.29. The Kier molecular flexibility index (Phi) is 4.19. The number of rotatable bonds is 3. The standard InChI is InChI=1S/C10H14N2OS/c1-3-11-10(14)12-8-5-4-6-9(7-8)13-2/h4-7H,3H2,1-2H3,(H2,11,12,14). The molecule has 4 heteroatoms. The van der Waals surface area contributed by atoms with E-state index in [4.69, 9.17) is 17.0 Å². The first kappa shape index (κ1) is 10.8. The molecule has 1 aromatic rings. The molecule has 0 radical (unpaired) electrons. The summed E-state index contributed by atoms with van der Waals surface area (Å²) in [6, 6.07) is 7.63. The van der Waals surface area contributed by atoms with Gasteiger partial charge in [-0.2, -0.15) is 0 Å². The molecule has 0 fully saturated rings. The quantitative estimate of drug-likeness (QED) is 0.748. The van der Waals surface area contributed by atoms with Crippen LogP contribution in [0.25, 0.3) is 0 Å². The lowest BCUT2D eigenvalue weighted by Gasteiger charge is -2.09. The summed E-state index contributed by atoms with van der Waals surface area (Å²) in [5.74, 6) is 0.814. The number of ether oxygens (including phenoxy) is 1. The lowest BCUT2D eigenvalue weighted by molar-refractivity contribution is 0.415. The van der Waals surface area contributed by atoms with Crippen molar-refractivity contribution in [2.75, 3.05) is 19.0 Å². The van der Waals surface area contributed by atoms with Crippen LogP contribution < -0.4 is 15.4 Å². The van der Waals surface area contributed by atoms with E-state index in [0.717, 1.165) is 18.0 Å². The molecular formula is C10H14N2OS. The molecule has 0 heterocycles. The molecule has 14 heavy (non-hydrogen) atoms. The van der Waals surface area contributed by atoms with Gasteiger partial charge in [0.25, 0.3) is 0 Å². The summed E-state index contributed by atoms with van der Waals surface area (Å²) < 4.78 is 5.09. The average Bonchev–Trinajstić information content (AvgIpc) is 2.18. The zero-order valence-electron chi connectivity index (χ0n) is 8.33. The van der Waals surface area contributed by atoms with Crippen LogP contribution in [0.2, 0.25) is 0 Å². The fourth-order valence-electron chi connectivity index (χ4n) is 1.04. The highest BCUT2D eigenvalue weighted by Gasteiger charge is 1.97. The molecule has 0 spiro atoms. The number of hydrogen-bond acceptors (Lipinski definition) is 2. The van der Waals surface area contributed by atoms with Crippen LogP contribution in [0.4, 0.5) is 5.69 Å². The van der Waals surface area contributed by atoms with Crippen molar-refractivity contribution in [1.82, 2.24) is 5.32 Å². The van der Waals surface area contributed by atoms with Crippen molar-refractivity contribution >= 4 is 23.0 Å². The summed E-state index contributed by atoms with van der Waals surface area (Å²) in [5.41, 5.74) is 0.926. The van der Waals surface area contributed by atoms with Gasteiger partial charge in [-0.25, -0.2) is 0 Å². The number of thiocarbonyl (C=S) groups is 1. The van der Waals surface area contributed by atoms with Gasteiger partial charge in [-0.05, 0) is 31.3 Å². The van der Waals surface area contributed by atoms with Gasteiger partial charge in [0, 0.05) is 18.3 Å². The number of anilines is 1. The van der Waals surface area contributed by atoms with Gasteiger partial charge in [0.05, 0.1) is 7.11 Å². The van der Waals surface area contributed by atoms with Gasteiger partial charge in [0.15, 0.2) is 5.11 Å². The molecule has 0 aliphatic heterocycles. The zero-order chi connectivity index (χ0) is 10.4. The van der Waals surface area contributed by atoms with Crippen molar-refractivity contribution in [1.29, 1.82) is 0 Å². The third-order valence-electron chi connectivity index (χ3n) is 1.66. The van der Waals surface area contributed by atoms with E-state index in [9.17, 15) is 0 Å². The molecule has 1 aromatic carbocycles. The molecule has 0 aromatic heterocycles. The second-order valence-electron chi connectivity index (χ2n) is 2.72. The van der Waals surface area contributed by atoms with E-state index >= 15 is 0 Å². The smallest absolute Gasteiger partial charge is 0.170 e. The molecule has 0 bridgehead atoms. The highest BCUT2D eigenvalue weighted by atomic mass is 32.1. The Morgan fingerprint density at radius 1 is 1.50 bits per heavy atom. The second kappa shape index (κ2) is 5.44. The SMILES string of the molecule is CCNC(=S)Nc1cccc(OC)c1. The summed E-state index contributed by atoms with van der Waals surface area (Å²) in [5, 5.41) is 6.69. The van der Waals surface area contributed by atoms with Crippen LogP contribution in [0.1, 0.15) is 6.92 Å². The van der Waals surface area contributed by atoms with Crippen molar-refractivity contribution in [2.45, 2.75) is 6.92 Å². The Labute approximate surface area is 89.5 Å². The predicted octanol–water partition coefficient (Wildman–Crippen LogP) is 2.00. The largest absolute Gasteiger partial charge is 0.497 e. The number of nitrogens with one attached hydrogen (secondary N) is 2. The lowest BCUT2D eigenvalue weighted by atomic mass is 10.3. The highest BCUT2D eigenvalue weighted by molar-refractivity contribution is 7.80. The molecule has 0 saturated heterocycles. The molecule has 0 aliphatic carbocycles. The van der Waals surface area contributed by atoms with E-state index in [2.05, 4.69) is 10.6 Å². The Balaban J connectivity index is 2.62. The second-order valence-corrected chi connectivity index (χ2v) is 3.12. The van der Waals surface area contributed by atoms with Crippen molar-refractivity contribution in [2.24, 2.45) is 0 Å². The Morgan fingerprint density at radius 3 is 2.93 bits per heavy atom. The van der Waals surface area contributed by atoms with E-state index in [-0.39, 0.29) is 0 Å². The van der Waals surface area contributed by atoms with Gasteiger partial charge < -0.3 is 15.4 Å². The number of benzene rings is 1. The minimum absolute atomic E-state index is 0.626. The summed E-state index contributed by atoms with van der Waals surface area (Å²) in [4.78, 5) is 0. The monoisotopic (exact) mass is 210 g/mol. The van der Waals surface area contributed by atoms with E-state index in [1.165, 1.54) is 0 Å². The third kappa shape index (κ3) is 3.22. The third-order valence-corrected chi connectivity index (χ3v) is 1.91. The highest BCUT2D eigenvalue weighted by Crippen LogP contribution is 2.16. The molecule has 76 valence electrons. The maximum atomic E-state index is 5.09. The van der Waals surface area contributed by atoms with E-state index in [1.807, 2.05) is 31.2 Å². The van der Waals surface area contributed by atoms with Crippen molar-refractivity contribution in [3.8, 4) is 5.75 Å². The molecule has 3 nitrogen and oxygen atoms in total. The van der Waals surface area contributed by atoms with Gasteiger partial charge in [0.1, 0.15) is 5.75 Å². The maximum Gasteiger partial charge on any atom is 0.170 e. The minimum Gasteiger partial charge on any atom is -0.497 e. The minimum atomic E-state index is 0.626. The van der Waals surface area contributed by atoms with Crippen LogP contribution in [-0.2, 0) is 0 Å². The molecule has 0 amide bonds. The number of hydrogen-bond donors (Lipinski definition) is 2. The van der Waals surface area contributed by atoms with Gasteiger partial charge in [-0.1, -0.05) is 6.07 Å². The molecule has 0 saturated carbocycles. The maximum absolute atomic E-state index is 5.09. The summed E-state index contributed by atoms with van der Waals surface area (Å²) in [6.45, 7) is 2.81. The van der Waals surface area contributed by atoms with E-state index < -0.39 is 0 Å². The predicted molar refractivity (Wildman–Crippen MR) is 62.9 cm³/mol. The van der Waals surface area contributed by atoms with Crippen LogP contribution in [-0.4, -0.2) is 18.8 Å². The topological polar surface area (TPSA) is 33.3 Å². The van der Waals surface area contributed by atoms with Crippen LogP contribution in [0.5, 0.6) is 5.75 Å². The van der Waals surface area contributed by atoms with E-state index in [0.29, 0.717) is 5.11 Å². The Bertz CT molecular complexity index is 315. The van der Waals surface area contributed by atoms with Crippen LogP contribution >= 0.6 is 12.2 Å². The van der Waals surface area contributed by atoms with Crippen molar-refractivity contribution in [3.05, 3.63) is 24.3 Å². The fraction of sp³-hybridized carbons (Fsp3) is 0.300. The number of methoxy groups -OCH3 is 1. The van der Waals surface area contributed by atoms with Gasteiger partial charge in [-0.3, -0.25) is 0 Å². The van der Waals surface area contributed by atoms with Crippen molar-refractivity contribution < 1.29 is 4.74 Å². The van der Waals surface area contributed by atoms with E-state index in [1.54, 1.807) is 7.11 Å². The first-order valence-electron chi connectivity index (χ1n) is 4.45. The first-order valence-corrected chi connectivity index (χ1v) is 4.86. The fourth-order valence-corrected chi connectivity index (χ4v) is 1.30. The molecule has 0 unspecified atom stereocenters. The van der Waals surface area contributed by atoms with Crippen LogP contribution in [0.15, 0.2) is 24.3 Å². The van der Waals surface area contributed by atoms with Gasteiger partial charge >= 0.3 is 0 Å². The van der Waals surface area contributed by atoms with Crippen LogP contribution in [0, 0.1) is 0 Å². The Morgan fingerprint density at radius 2 is 2.29 bits per heavy atom. The zero-order valence-corrected chi connectivity index (χ0v) is 9.15. The lowest BCUT2D eigenvalue weighted by Crippen LogP contribution is -2.27. The summed E-state index contributed by atoms with van der Waals surface area (Å²) in [6.07, 6.45) is 0. The molecule has 0 aliphatic rings. The van der Waals surface area contributed by atoms with Gasteiger partial charge in [-0.15, -0.1) is 0 Å². The molecule has 1 rings (SSSR count). The summed E-state index contributed by atoms with van der Waals surface area (Å²) in [7, 11) is 1.64. The summed E-state index contributed by atoms with van der Waals surface area (Å²) >= 11 is 5.05. The van der Waals surface area contributed by atoms with Crippen molar-refractivity contribution in [3.63, 3.8) is 0 Å². The molecule has 0 atom stereocenters. The van der Waals surface area contributed by atoms with Gasteiger partial charge in [0.2, 0.25) is 0 Å². The first-order chi connectivity index (χ1) is 6.76. The molecular weight excluding hydrogens is 196 g/mol. The normalized spacial score (nSPS) is 9.29. The van der Waals surface area contributed by atoms with Crippen LogP contribution in [0.3, 0.4) is 0 Å². The molecule has 2 N–H and O–H groups in total.